The number of carbonyl (C=O) groups is 1. The van der Waals surface area contributed by atoms with E-state index in [2.05, 4.69) is 5.10 Å². The maximum absolute atomic E-state index is 11.2. The first-order valence-corrected chi connectivity index (χ1v) is 6.39. The van der Waals surface area contributed by atoms with Gasteiger partial charge in [-0.2, -0.15) is 5.10 Å². The van der Waals surface area contributed by atoms with Gasteiger partial charge in [0.2, 0.25) is 0 Å². The number of carboxylic acid groups (broad SMARTS) is 1. The number of carboxylic acids is 1. The monoisotopic (exact) mass is 274 g/mol. The van der Waals surface area contributed by atoms with E-state index >= 15 is 0 Å². The second kappa shape index (κ2) is 5.88. The molecule has 0 atom stereocenters. The van der Waals surface area contributed by atoms with E-state index in [1.165, 1.54) is 0 Å². The molecule has 0 saturated carbocycles. The average Bonchev–Trinajstić information content (AvgIpc) is 2.83. The smallest absolute Gasteiger partial charge is 0.336 e. The summed E-state index contributed by atoms with van der Waals surface area (Å²) in [6, 6.07) is 3.77. The number of hydrogen-bond donors (Lipinski definition) is 1. The largest absolute Gasteiger partial charge is 0.478 e. The van der Waals surface area contributed by atoms with Crippen molar-refractivity contribution in [3.8, 4) is 11.1 Å². The van der Waals surface area contributed by atoms with Crippen LogP contribution in [0, 0.1) is 13.8 Å². The van der Waals surface area contributed by atoms with E-state index in [0.717, 1.165) is 22.3 Å². The van der Waals surface area contributed by atoms with E-state index in [4.69, 9.17) is 4.74 Å². The van der Waals surface area contributed by atoms with E-state index in [9.17, 15) is 9.90 Å². The summed E-state index contributed by atoms with van der Waals surface area (Å²) >= 11 is 0. The summed E-state index contributed by atoms with van der Waals surface area (Å²) in [6.07, 6.45) is 3.72. The Labute approximate surface area is 117 Å². The van der Waals surface area contributed by atoms with Crippen LogP contribution in [0.15, 0.2) is 24.5 Å². The molecule has 0 saturated heterocycles. The number of aryl methyl sites for hydroxylation is 2. The molecule has 0 unspecified atom stereocenters. The van der Waals surface area contributed by atoms with Crippen molar-refractivity contribution in [3.05, 3.63) is 41.2 Å². The first kappa shape index (κ1) is 14.3. The molecule has 5 heteroatoms. The van der Waals surface area contributed by atoms with Crippen LogP contribution in [0.4, 0.5) is 0 Å². The number of rotatable bonds is 5. The minimum Gasteiger partial charge on any atom is -0.478 e. The lowest BCUT2D eigenvalue weighted by Gasteiger charge is -2.08. The zero-order valence-corrected chi connectivity index (χ0v) is 11.9. The Kier molecular flexibility index (Phi) is 4.20. The van der Waals surface area contributed by atoms with Gasteiger partial charge >= 0.3 is 5.97 Å². The molecule has 0 spiro atoms. The van der Waals surface area contributed by atoms with Crippen LogP contribution >= 0.6 is 0 Å². The predicted molar refractivity (Wildman–Crippen MR) is 76.0 cm³/mol. The zero-order valence-electron chi connectivity index (χ0n) is 11.9. The van der Waals surface area contributed by atoms with Crippen LogP contribution in [0.2, 0.25) is 0 Å². The van der Waals surface area contributed by atoms with E-state index < -0.39 is 5.97 Å². The highest BCUT2D eigenvalue weighted by atomic mass is 16.5. The molecule has 2 rings (SSSR count). The summed E-state index contributed by atoms with van der Waals surface area (Å²) in [5, 5.41) is 13.4. The Morgan fingerprint density at radius 1 is 1.30 bits per heavy atom. The quantitative estimate of drug-likeness (QED) is 0.910. The highest BCUT2D eigenvalue weighted by Crippen LogP contribution is 2.25. The molecule has 1 N–H and O–H groups in total. The van der Waals surface area contributed by atoms with Gasteiger partial charge in [0.15, 0.2) is 0 Å². The maximum atomic E-state index is 11.2. The Morgan fingerprint density at radius 3 is 2.50 bits per heavy atom. The number of nitrogens with zero attached hydrogens (tertiary/aromatic N) is 2. The minimum absolute atomic E-state index is 0.375. The summed E-state index contributed by atoms with van der Waals surface area (Å²) in [4.78, 5) is 11.2. The number of ether oxygens (including phenoxy) is 1. The van der Waals surface area contributed by atoms with Crippen molar-refractivity contribution < 1.29 is 14.6 Å². The molecule has 0 aliphatic rings. The number of hydrogen-bond acceptors (Lipinski definition) is 3. The van der Waals surface area contributed by atoms with Gasteiger partial charge in [-0.1, -0.05) is 12.1 Å². The molecule has 20 heavy (non-hydrogen) atoms. The van der Waals surface area contributed by atoms with Crippen LogP contribution in [0.3, 0.4) is 0 Å². The average molecular weight is 274 g/mol. The van der Waals surface area contributed by atoms with Crippen molar-refractivity contribution in [2.24, 2.45) is 0 Å². The molecular weight excluding hydrogens is 256 g/mol. The van der Waals surface area contributed by atoms with Gasteiger partial charge < -0.3 is 9.84 Å². The van der Waals surface area contributed by atoms with E-state index in [0.29, 0.717) is 18.7 Å². The van der Waals surface area contributed by atoms with Crippen LogP contribution in [-0.2, 0) is 11.3 Å². The lowest BCUT2D eigenvalue weighted by Crippen LogP contribution is -2.04. The van der Waals surface area contributed by atoms with Crippen molar-refractivity contribution in [1.29, 1.82) is 0 Å². The van der Waals surface area contributed by atoms with Crippen molar-refractivity contribution >= 4 is 5.97 Å². The van der Waals surface area contributed by atoms with Gasteiger partial charge in [-0.3, -0.25) is 4.68 Å². The van der Waals surface area contributed by atoms with Gasteiger partial charge in [0.25, 0.3) is 0 Å². The molecule has 106 valence electrons. The third kappa shape index (κ3) is 2.88. The topological polar surface area (TPSA) is 64.3 Å². The zero-order chi connectivity index (χ0) is 14.7. The van der Waals surface area contributed by atoms with Crippen molar-refractivity contribution in [3.63, 3.8) is 0 Å². The highest BCUT2D eigenvalue weighted by Gasteiger charge is 2.13. The van der Waals surface area contributed by atoms with Gasteiger partial charge in [0.05, 0.1) is 24.9 Å². The molecule has 0 bridgehead atoms. The van der Waals surface area contributed by atoms with Crippen LogP contribution in [0.5, 0.6) is 0 Å². The molecule has 0 aliphatic carbocycles. The van der Waals surface area contributed by atoms with Gasteiger partial charge in [-0.05, 0) is 30.5 Å². The molecule has 0 amide bonds. The number of aromatic nitrogens is 2. The second-order valence-electron chi connectivity index (χ2n) is 4.78. The Morgan fingerprint density at radius 2 is 1.95 bits per heavy atom. The first-order valence-electron chi connectivity index (χ1n) is 6.39. The van der Waals surface area contributed by atoms with Crippen molar-refractivity contribution in [2.45, 2.75) is 20.4 Å². The standard InChI is InChI=1S/C15H18N2O3/c1-10-6-12(7-11(2)14(10)15(18)19)13-8-16-17(9-13)4-5-20-3/h6-9H,4-5H2,1-3H3,(H,18,19). The molecule has 0 aliphatic heterocycles. The number of methoxy groups -OCH3 is 1. The Bertz CT molecular complexity index is 609. The number of aromatic carboxylic acids is 1. The molecule has 1 heterocycles. The fourth-order valence-electron chi connectivity index (χ4n) is 2.29. The SMILES string of the molecule is COCCn1cc(-c2cc(C)c(C(=O)O)c(C)c2)cn1. The predicted octanol–water partition coefficient (Wildman–Crippen LogP) is 2.51. The lowest BCUT2D eigenvalue weighted by atomic mass is 9.97. The third-order valence-electron chi connectivity index (χ3n) is 3.24. The van der Waals surface area contributed by atoms with Gasteiger partial charge in [0.1, 0.15) is 0 Å². The fourth-order valence-corrected chi connectivity index (χ4v) is 2.29. The molecule has 0 fully saturated rings. The van der Waals surface area contributed by atoms with Gasteiger partial charge in [0, 0.05) is 18.9 Å². The van der Waals surface area contributed by atoms with Gasteiger partial charge in [-0.25, -0.2) is 4.79 Å². The molecule has 5 nitrogen and oxygen atoms in total. The van der Waals surface area contributed by atoms with E-state index in [1.54, 1.807) is 13.3 Å². The summed E-state index contributed by atoms with van der Waals surface area (Å²) < 4.78 is 6.83. The molecule has 0 radical (unpaired) electrons. The summed E-state index contributed by atoms with van der Waals surface area (Å²) in [7, 11) is 1.65. The number of benzene rings is 1. The Hall–Kier alpha value is -2.14. The highest BCUT2D eigenvalue weighted by molar-refractivity contribution is 5.92. The van der Waals surface area contributed by atoms with Crippen molar-refractivity contribution in [2.75, 3.05) is 13.7 Å². The van der Waals surface area contributed by atoms with E-state index in [1.807, 2.05) is 36.9 Å². The van der Waals surface area contributed by atoms with Crippen LogP contribution in [-0.4, -0.2) is 34.6 Å². The van der Waals surface area contributed by atoms with Crippen LogP contribution in [0.1, 0.15) is 21.5 Å². The normalized spacial score (nSPS) is 10.8. The summed E-state index contributed by atoms with van der Waals surface area (Å²) in [6.45, 7) is 4.93. The van der Waals surface area contributed by atoms with Crippen molar-refractivity contribution in [1.82, 2.24) is 9.78 Å². The summed E-state index contributed by atoms with van der Waals surface area (Å²) in [5.41, 5.74) is 3.85. The molecule has 1 aromatic carbocycles. The molecule has 2 aromatic rings. The van der Waals surface area contributed by atoms with Crippen LogP contribution < -0.4 is 0 Å². The molecule has 1 aromatic heterocycles. The third-order valence-corrected chi connectivity index (χ3v) is 3.24. The van der Waals surface area contributed by atoms with Crippen LogP contribution in [0.25, 0.3) is 11.1 Å². The maximum Gasteiger partial charge on any atom is 0.336 e. The Balaban J connectivity index is 2.34. The minimum atomic E-state index is -0.887. The second-order valence-corrected chi connectivity index (χ2v) is 4.78. The first-order chi connectivity index (χ1) is 9.52. The fraction of sp³-hybridized carbons (Fsp3) is 0.333. The summed E-state index contributed by atoms with van der Waals surface area (Å²) in [5.74, 6) is -0.887. The van der Waals surface area contributed by atoms with Gasteiger partial charge in [-0.15, -0.1) is 0 Å². The van der Waals surface area contributed by atoms with E-state index in [-0.39, 0.29) is 0 Å². The lowest BCUT2D eigenvalue weighted by molar-refractivity contribution is 0.0695. The molecular formula is C15H18N2O3.